The Hall–Kier alpha value is -3.16. The fraction of sp³-hybridized carbons (Fsp3) is 0.400. The molecule has 1 saturated carbocycles. The van der Waals surface area contributed by atoms with E-state index in [-0.39, 0.29) is 11.2 Å². The molecule has 0 unspecified atom stereocenters. The first-order chi connectivity index (χ1) is 13.4. The zero-order valence-corrected chi connectivity index (χ0v) is 16.0. The number of carbonyl (C=O) groups is 1. The molecular formula is C20H23N5O3. The van der Waals surface area contributed by atoms with Crippen LogP contribution in [0.4, 0.5) is 0 Å². The molecule has 0 aliphatic heterocycles. The van der Waals surface area contributed by atoms with Crippen molar-refractivity contribution in [3.63, 3.8) is 0 Å². The van der Waals surface area contributed by atoms with Gasteiger partial charge < -0.3 is 10.4 Å². The number of nitrogens with zero attached hydrogens (tertiary/aromatic N) is 4. The Morgan fingerprint density at radius 3 is 2.68 bits per heavy atom. The molecule has 0 atom stereocenters. The molecule has 0 radical (unpaired) electrons. The third-order valence-corrected chi connectivity index (χ3v) is 5.60. The molecule has 2 aromatic heterocycles. The van der Waals surface area contributed by atoms with Gasteiger partial charge in [-0.3, -0.25) is 19.0 Å². The lowest BCUT2D eigenvalue weighted by Crippen LogP contribution is -2.38. The highest BCUT2D eigenvalue weighted by Gasteiger charge is 2.39. The molecule has 2 N–H and O–H groups in total. The lowest BCUT2D eigenvalue weighted by Gasteiger charge is -2.31. The molecule has 1 amide bonds. The highest BCUT2D eigenvalue weighted by molar-refractivity contribution is 5.92. The summed E-state index contributed by atoms with van der Waals surface area (Å²) in [4.78, 5) is 24.1. The topological polar surface area (TPSA) is 102 Å². The maximum Gasteiger partial charge on any atom is 0.275 e. The first-order valence-electron chi connectivity index (χ1n) is 9.43. The zero-order chi connectivity index (χ0) is 19.9. The summed E-state index contributed by atoms with van der Waals surface area (Å²) < 4.78 is 3.57. The molecule has 1 aromatic carbocycles. The molecule has 3 aromatic rings. The predicted octanol–water partition coefficient (Wildman–Crippen LogP) is 1.94. The minimum absolute atomic E-state index is 0.308. The summed E-state index contributed by atoms with van der Waals surface area (Å²) >= 11 is 0. The molecular weight excluding hydrogens is 358 g/mol. The minimum Gasteiger partial charge on any atom is -0.503 e. The van der Waals surface area contributed by atoms with Crippen molar-refractivity contribution in [1.82, 2.24) is 24.9 Å². The molecule has 8 nitrogen and oxygen atoms in total. The minimum atomic E-state index is -0.767. The summed E-state index contributed by atoms with van der Waals surface area (Å²) in [6, 6.07) is 8.11. The molecule has 2 heterocycles. The second kappa shape index (κ2) is 6.78. The molecule has 4 rings (SSSR count). The standard InChI is InChI=1S/C20H23N5O3/c1-13-14-7-3-4-8-15(14)25(22-13)20(9-5-6-10-20)12-24-11-16(26)18(27)17(23-24)19(28)21-2/h3-4,7-8,11,26H,5-6,9-10,12H2,1-2H3,(H,21,28). The van der Waals surface area contributed by atoms with Crippen LogP contribution in [0.3, 0.4) is 0 Å². The maximum absolute atomic E-state index is 12.1. The van der Waals surface area contributed by atoms with E-state index in [9.17, 15) is 14.7 Å². The summed E-state index contributed by atoms with van der Waals surface area (Å²) in [6.45, 7) is 2.41. The monoisotopic (exact) mass is 381 g/mol. The number of aromatic nitrogens is 4. The van der Waals surface area contributed by atoms with Crippen LogP contribution in [0, 0.1) is 6.92 Å². The average molecular weight is 381 g/mol. The van der Waals surface area contributed by atoms with E-state index in [1.54, 1.807) is 0 Å². The summed E-state index contributed by atoms with van der Waals surface area (Å²) in [6.07, 6.45) is 5.22. The first-order valence-corrected chi connectivity index (χ1v) is 9.43. The lowest BCUT2D eigenvalue weighted by molar-refractivity contribution is 0.0952. The normalized spacial score (nSPS) is 15.8. The second-order valence-corrected chi connectivity index (χ2v) is 7.41. The van der Waals surface area contributed by atoms with E-state index in [2.05, 4.69) is 27.2 Å². The number of benzene rings is 1. The van der Waals surface area contributed by atoms with Gasteiger partial charge in [-0.1, -0.05) is 31.0 Å². The molecule has 1 aliphatic rings. The number of carbonyl (C=O) groups excluding carboxylic acids is 1. The number of amides is 1. The number of rotatable bonds is 4. The van der Waals surface area contributed by atoms with E-state index >= 15 is 0 Å². The zero-order valence-electron chi connectivity index (χ0n) is 16.0. The fourth-order valence-electron chi connectivity index (χ4n) is 4.23. The van der Waals surface area contributed by atoms with Gasteiger partial charge in [0.1, 0.15) is 0 Å². The summed E-state index contributed by atoms with van der Waals surface area (Å²) in [7, 11) is 1.43. The van der Waals surface area contributed by atoms with Crippen LogP contribution in [-0.2, 0) is 12.1 Å². The number of hydrogen-bond acceptors (Lipinski definition) is 5. The van der Waals surface area contributed by atoms with Crippen molar-refractivity contribution >= 4 is 16.8 Å². The average Bonchev–Trinajstić information content (AvgIpc) is 3.30. The van der Waals surface area contributed by atoms with Gasteiger partial charge in [-0.25, -0.2) is 0 Å². The van der Waals surface area contributed by atoms with Crippen molar-refractivity contribution in [1.29, 1.82) is 0 Å². The van der Waals surface area contributed by atoms with Crippen molar-refractivity contribution in [2.45, 2.75) is 44.7 Å². The van der Waals surface area contributed by atoms with Gasteiger partial charge in [-0.05, 0) is 25.8 Å². The van der Waals surface area contributed by atoms with Crippen molar-refractivity contribution in [2.24, 2.45) is 0 Å². The van der Waals surface area contributed by atoms with Crippen LogP contribution >= 0.6 is 0 Å². The van der Waals surface area contributed by atoms with E-state index in [1.807, 2.05) is 19.1 Å². The van der Waals surface area contributed by atoms with Gasteiger partial charge in [0.15, 0.2) is 11.4 Å². The Morgan fingerprint density at radius 1 is 1.25 bits per heavy atom. The lowest BCUT2D eigenvalue weighted by atomic mass is 9.97. The summed E-state index contributed by atoms with van der Waals surface area (Å²) in [5.41, 5.74) is 0.610. The molecule has 28 heavy (non-hydrogen) atoms. The van der Waals surface area contributed by atoms with E-state index in [1.165, 1.54) is 17.9 Å². The number of aromatic hydroxyl groups is 1. The third-order valence-electron chi connectivity index (χ3n) is 5.60. The Balaban J connectivity index is 1.83. The van der Waals surface area contributed by atoms with Gasteiger partial charge in [0, 0.05) is 12.4 Å². The highest BCUT2D eigenvalue weighted by Crippen LogP contribution is 2.40. The number of aryl methyl sites for hydroxylation is 1. The van der Waals surface area contributed by atoms with Crippen LogP contribution in [0.2, 0.25) is 0 Å². The van der Waals surface area contributed by atoms with E-state index in [0.717, 1.165) is 42.3 Å². The second-order valence-electron chi connectivity index (χ2n) is 7.41. The Morgan fingerprint density at radius 2 is 1.96 bits per heavy atom. The highest BCUT2D eigenvalue weighted by atomic mass is 16.3. The first kappa shape index (κ1) is 18.2. The molecule has 1 aliphatic carbocycles. The van der Waals surface area contributed by atoms with E-state index in [0.29, 0.717) is 6.54 Å². The van der Waals surface area contributed by atoms with Gasteiger partial charge in [0.25, 0.3) is 11.3 Å². The summed E-state index contributed by atoms with van der Waals surface area (Å²) in [5.74, 6) is -1.10. The largest absolute Gasteiger partial charge is 0.503 e. The Kier molecular flexibility index (Phi) is 4.41. The number of para-hydroxylation sites is 1. The van der Waals surface area contributed by atoms with Crippen molar-refractivity contribution in [3.8, 4) is 5.75 Å². The molecule has 0 saturated heterocycles. The van der Waals surface area contributed by atoms with Gasteiger partial charge in [-0.15, -0.1) is 0 Å². The van der Waals surface area contributed by atoms with Gasteiger partial charge in [0.2, 0.25) is 0 Å². The van der Waals surface area contributed by atoms with Crippen LogP contribution in [-0.4, -0.2) is 37.6 Å². The Bertz CT molecular complexity index is 1110. The van der Waals surface area contributed by atoms with E-state index < -0.39 is 17.1 Å². The molecule has 146 valence electrons. The van der Waals surface area contributed by atoms with Crippen molar-refractivity contribution in [3.05, 3.63) is 52.1 Å². The fourth-order valence-corrected chi connectivity index (χ4v) is 4.23. The predicted molar refractivity (Wildman–Crippen MR) is 104 cm³/mol. The Labute approximate surface area is 161 Å². The molecule has 8 heteroatoms. The smallest absolute Gasteiger partial charge is 0.275 e. The summed E-state index contributed by atoms with van der Waals surface area (Å²) in [5, 5.41) is 22.6. The number of nitrogens with one attached hydrogen (secondary N) is 1. The molecule has 0 spiro atoms. The van der Waals surface area contributed by atoms with Gasteiger partial charge in [-0.2, -0.15) is 10.2 Å². The third kappa shape index (κ3) is 2.85. The van der Waals surface area contributed by atoms with Gasteiger partial charge >= 0.3 is 0 Å². The van der Waals surface area contributed by atoms with Crippen LogP contribution in [0.15, 0.2) is 35.3 Å². The number of hydrogen-bond donors (Lipinski definition) is 2. The molecule has 0 bridgehead atoms. The van der Waals surface area contributed by atoms with Crippen LogP contribution < -0.4 is 10.7 Å². The number of fused-ring (bicyclic) bond motifs is 1. The van der Waals surface area contributed by atoms with Crippen LogP contribution in [0.25, 0.3) is 10.9 Å². The van der Waals surface area contributed by atoms with Crippen LogP contribution in [0.5, 0.6) is 5.75 Å². The van der Waals surface area contributed by atoms with Gasteiger partial charge in [0.05, 0.1) is 29.5 Å². The quantitative estimate of drug-likeness (QED) is 0.719. The maximum atomic E-state index is 12.1. The van der Waals surface area contributed by atoms with Crippen molar-refractivity contribution in [2.75, 3.05) is 7.05 Å². The van der Waals surface area contributed by atoms with Crippen LogP contribution in [0.1, 0.15) is 41.9 Å². The van der Waals surface area contributed by atoms with Crippen molar-refractivity contribution < 1.29 is 9.90 Å². The molecule has 1 fully saturated rings. The van der Waals surface area contributed by atoms with E-state index in [4.69, 9.17) is 5.10 Å². The SMILES string of the molecule is CNC(=O)c1nn(CC2(n3nc(C)c4ccccc43)CCCC2)cc(O)c1=O.